The van der Waals surface area contributed by atoms with Gasteiger partial charge in [0, 0.05) is 0 Å². The molecule has 106 valence electrons. The summed E-state index contributed by atoms with van der Waals surface area (Å²) in [7, 11) is 0. The van der Waals surface area contributed by atoms with Gasteiger partial charge in [0.1, 0.15) is 10.8 Å². The van der Waals surface area contributed by atoms with Crippen LogP contribution in [0.3, 0.4) is 0 Å². The lowest BCUT2D eigenvalue weighted by atomic mass is 10.1. The molecule has 0 saturated heterocycles. The zero-order valence-corrected chi connectivity index (χ0v) is 11.9. The molecule has 0 heterocycles. The van der Waals surface area contributed by atoms with Gasteiger partial charge in [-0.3, -0.25) is 0 Å². The van der Waals surface area contributed by atoms with Gasteiger partial charge in [-0.1, -0.05) is 37.1 Å². The molecule has 0 saturated carbocycles. The quantitative estimate of drug-likeness (QED) is 0.822. The predicted molar refractivity (Wildman–Crippen MR) is 80.7 cm³/mol. The van der Waals surface area contributed by atoms with E-state index in [1.165, 1.54) is 11.6 Å². The van der Waals surface area contributed by atoms with Crippen molar-refractivity contribution < 1.29 is 9.13 Å². The molecule has 0 radical (unpaired) electrons. The summed E-state index contributed by atoms with van der Waals surface area (Å²) in [5.41, 5.74) is 12.6. The largest absolute Gasteiger partial charge is 0.452 e. The highest BCUT2D eigenvalue weighted by molar-refractivity contribution is 6.33. The van der Waals surface area contributed by atoms with Crippen LogP contribution in [0.2, 0.25) is 5.02 Å². The van der Waals surface area contributed by atoms with Gasteiger partial charge in [0.15, 0.2) is 11.6 Å². The number of ether oxygens (including phenoxy) is 1. The lowest BCUT2D eigenvalue weighted by molar-refractivity contribution is 0.445. The third-order valence-electron chi connectivity index (χ3n) is 2.90. The Morgan fingerprint density at radius 1 is 1.15 bits per heavy atom. The SMILES string of the molecule is CCCc1ccc(Oc2c(N)cc(N)c(Cl)c2F)cc1. The maximum Gasteiger partial charge on any atom is 0.188 e. The highest BCUT2D eigenvalue weighted by atomic mass is 35.5. The molecule has 2 rings (SSSR count). The van der Waals surface area contributed by atoms with Crippen LogP contribution in [-0.2, 0) is 6.42 Å². The zero-order valence-electron chi connectivity index (χ0n) is 11.1. The molecule has 0 aromatic heterocycles. The Morgan fingerprint density at radius 3 is 2.40 bits per heavy atom. The molecule has 0 atom stereocenters. The standard InChI is InChI=1S/C15H16ClFN2O/c1-2-3-9-4-6-10(7-5-9)20-15-12(19)8-11(18)13(16)14(15)17/h4-8H,2-3,18-19H2,1H3. The van der Waals surface area contributed by atoms with Crippen LogP contribution in [0.25, 0.3) is 0 Å². The molecule has 0 spiro atoms. The molecule has 0 amide bonds. The lowest BCUT2D eigenvalue weighted by Gasteiger charge is -2.12. The maximum atomic E-state index is 14.0. The van der Waals surface area contributed by atoms with Crippen LogP contribution in [0.15, 0.2) is 30.3 Å². The molecule has 0 aliphatic carbocycles. The second-order valence-corrected chi connectivity index (χ2v) is 4.89. The number of aryl methyl sites for hydroxylation is 1. The van der Waals surface area contributed by atoms with Gasteiger partial charge in [-0.2, -0.15) is 0 Å². The summed E-state index contributed by atoms with van der Waals surface area (Å²) < 4.78 is 19.5. The molecular formula is C15H16ClFN2O. The molecule has 20 heavy (non-hydrogen) atoms. The minimum atomic E-state index is -0.748. The van der Waals surface area contributed by atoms with Crippen LogP contribution < -0.4 is 16.2 Å². The molecule has 0 fully saturated rings. The van der Waals surface area contributed by atoms with Gasteiger partial charge in [-0.05, 0) is 30.2 Å². The monoisotopic (exact) mass is 294 g/mol. The summed E-state index contributed by atoms with van der Waals surface area (Å²) in [6.07, 6.45) is 2.06. The fourth-order valence-electron chi connectivity index (χ4n) is 1.88. The second kappa shape index (κ2) is 6.01. The molecule has 5 heteroatoms. The summed E-state index contributed by atoms with van der Waals surface area (Å²) in [5, 5.41) is -0.184. The number of nitrogens with two attached hydrogens (primary N) is 2. The first-order valence-corrected chi connectivity index (χ1v) is 6.70. The summed E-state index contributed by atoms with van der Waals surface area (Å²) in [4.78, 5) is 0. The van der Waals surface area contributed by atoms with E-state index in [1.807, 2.05) is 12.1 Å². The van der Waals surface area contributed by atoms with Crippen molar-refractivity contribution in [2.75, 3.05) is 11.5 Å². The maximum absolute atomic E-state index is 14.0. The third-order valence-corrected chi connectivity index (χ3v) is 3.28. The molecule has 4 N–H and O–H groups in total. The number of nitrogen functional groups attached to an aromatic ring is 2. The summed E-state index contributed by atoms with van der Waals surface area (Å²) in [5.74, 6) is -0.356. The van der Waals surface area contributed by atoms with Crippen LogP contribution in [0, 0.1) is 5.82 Å². The van der Waals surface area contributed by atoms with Crippen molar-refractivity contribution >= 4 is 23.0 Å². The fourth-order valence-corrected chi connectivity index (χ4v) is 2.02. The van der Waals surface area contributed by atoms with Gasteiger partial charge in [0.2, 0.25) is 0 Å². The summed E-state index contributed by atoms with van der Waals surface area (Å²) >= 11 is 5.75. The van der Waals surface area contributed by atoms with Crippen LogP contribution in [-0.4, -0.2) is 0 Å². The second-order valence-electron chi connectivity index (χ2n) is 4.51. The highest BCUT2D eigenvalue weighted by Crippen LogP contribution is 2.37. The van der Waals surface area contributed by atoms with E-state index >= 15 is 0 Å². The normalized spacial score (nSPS) is 10.6. The van der Waals surface area contributed by atoms with E-state index in [-0.39, 0.29) is 22.1 Å². The molecule has 0 unspecified atom stereocenters. The van der Waals surface area contributed by atoms with Crippen molar-refractivity contribution in [2.45, 2.75) is 19.8 Å². The van der Waals surface area contributed by atoms with E-state index in [4.69, 9.17) is 27.8 Å². The predicted octanol–water partition coefficient (Wildman–Crippen LogP) is 4.39. The lowest BCUT2D eigenvalue weighted by Crippen LogP contribution is -1.99. The summed E-state index contributed by atoms with van der Waals surface area (Å²) in [6.45, 7) is 2.11. The molecule has 0 aliphatic rings. The molecule has 2 aromatic rings. The summed E-state index contributed by atoms with van der Waals surface area (Å²) in [6, 6.07) is 8.80. The van der Waals surface area contributed by atoms with Crippen LogP contribution >= 0.6 is 11.6 Å². The van der Waals surface area contributed by atoms with Crippen LogP contribution in [0.5, 0.6) is 11.5 Å². The van der Waals surface area contributed by atoms with E-state index in [0.29, 0.717) is 5.75 Å². The topological polar surface area (TPSA) is 61.3 Å². The Kier molecular flexibility index (Phi) is 4.35. The molecule has 0 bridgehead atoms. The van der Waals surface area contributed by atoms with Crippen molar-refractivity contribution in [3.8, 4) is 11.5 Å². The number of rotatable bonds is 4. The van der Waals surface area contributed by atoms with E-state index in [2.05, 4.69) is 6.92 Å². The van der Waals surface area contributed by atoms with Gasteiger partial charge in [0.25, 0.3) is 0 Å². The smallest absolute Gasteiger partial charge is 0.188 e. The highest BCUT2D eigenvalue weighted by Gasteiger charge is 2.16. The van der Waals surface area contributed by atoms with Crippen molar-refractivity contribution in [3.05, 3.63) is 46.7 Å². The van der Waals surface area contributed by atoms with Gasteiger partial charge >= 0.3 is 0 Å². The minimum absolute atomic E-state index is 0.0901. The van der Waals surface area contributed by atoms with Gasteiger partial charge in [-0.15, -0.1) is 0 Å². The van der Waals surface area contributed by atoms with E-state index in [0.717, 1.165) is 12.8 Å². The number of hydrogen-bond acceptors (Lipinski definition) is 3. The van der Waals surface area contributed by atoms with Crippen molar-refractivity contribution in [1.29, 1.82) is 0 Å². The Bertz CT molecular complexity index is 614. The van der Waals surface area contributed by atoms with Gasteiger partial charge in [0.05, 0.1) is 11.4 Å². The first-order valence-electron chi connectivity index (χ1n) is 6.32. The minimum Gasteiger partial charge on any atom is -0.452 e. The number of anilines is 2. The Labute approximate surface area is 122 Å². The van der Waals surface area contributed by atoms with Crippen molar-refractivity contribution in [2.24, 2.45) is 0 Å². The van der Waals surface area contributed by atoms with Crippen LogP contribution in [0.4, 0.5) is 15.8 Å². The fraction of sp³-hybridized carbons (Fsp3) is 0.200. The van der Waals surface area contributed by atoms with Crippen molar-refractivity contribution in [1.82, 2.24) is 0 Å². The Hall–Kier alpha value is -1.94. The third kappa shape index (κ3) is 2.96. The Balaban J connectivity index is 2.28. The Morgan fingerprint density at radius 2 is 1.80 bits per heavy atom. The number of halogens is 2. The first kappa shape index (κ1) is 14.5. The van der Waals surface area contributed by atoms with Gasteiger partial charge in [-0.25, -0.2) is 4.39 Å². The van der Waals surface area contributed by atoms with E-state index < -0.39 is 5.82 Å². The van der Waals surface area contributed by atoms with E-state index in [9.17, 15) is 4.39 Å². The average molecular weight is 295 g/mol. The molecule has 3 nitrogen and oxygen atoms in total. The molecular weight excluding hydrogens is 279 g/mol. The zero-order chi connectivity index (χ0) is 14.7. The molecule has 0 aliphatic heterocycles. The first-order chi connectivity index (χ1) is 9.52. The van der Waals surface area contributed by atoms with Crippen LogP contribution in [0.1, 0.15) is 18.9 Å². The number of benzene rings is 2. The van der Waals surface area contributed by atoms with Crippen molar-refractivity contribution in [3.63, 3.8) is 0 Å². The van der Waals surface area contributed by atoms with Gasteiger partial charge < -0.3 is 16.2 Å². The van der Waals surface area contributed by atoms with E-state index in [1.54, 1.807) is 12.1 Å². The average Bonchev–Trinajstić information content (AvgIpc) is 2.43. The number of hydrogen-bond donors (Lipinski definition) is 2. The molecule has 2 aromatic carbocycles.